The number of benzene rings is 1. The van der Waals surface area contributed by atoms with Crippen LogP contribution in [-0.4, -0.2) is 18.1 Å². The minimum atomic E-state index is 0.744. The van der Waals surface area contributed by atoms with Gasteiger partial charge in [0.15, 0.2) is 0 Å². The second kappa shape index (κ2) is 4.72. The molecule has 3 heteroatoms. The van der Waals surface area contributed by atoms with Crippen molar-refractivity contribution in [1.29, 1.82) is 0 Å². The minimum absolute atomic E-state index is 0.744. The molecule has 2 N–H and O–H groups in total. The number of para-hydroxylation sites is 1. The lowest BCUT2D eigenvalue weighted by molar-refractivity contribution is 0.357. The van der Waals surface area contributed by atoms with Crippen molar-refractivity contribution in [1.82, 2.24) is 4.98 Å². The molecule has 1 fully saturated rings. The van der Waals surface area contributed by atoms with Crippen LogP contribution in [0.25, 0.3) is 10.9 Å². The number of nitrogen functional groups attached to an aromatic ring is 1. The largest absolute Gasteiger partial charge is 0.397 e. The van der Waals surface area contributed by atoms with E-state index in [0.29, 0.717) is 0 Å². The number of fused-ring (bicyclic) bond motifs is 1. The molecule has 100 valence electrons. The van der Waals surface area contributed by atoms with Crippen LogP contribution in [0.3, 0.4) is 0 Å². The number of nitrogens with two attached hydrogens (primary N) is 1. The van der Waals surface area contributed by atoms with Crippen molar-refractivity contribution >= 4 is 22.3 Å². The Balaban J connectivity index is 2.07. The molecule has 1 aliphatic heterocycles. The SMILES string of the molecule is CC1CC(C)CN(c2ccnc3c(N)cccc23)C1. The van der Waals surface area contributed by atoms with Crippen molar-refractivity contribution in [2.24, 2.45) is 11.8 Å². The highest BCUT2D eigenvalue weighted by Crippen LogP contribution is 2.32. The number of anilines is 2. The summed E-state index contributed by atoms with van der Waals surface area (Å²) in [5.74, 6) is 1.49. The van der Waals surface area contributed by atoms with Gasteiger partial charge in [-0.05, 0) is 30.4 Å². The maximum Gasteiger partial charge on any atom is 0.0951 e. The monoisotopic (exact) mass is 255 g/mol. The van der Waals surface area contributed by atoms with Gasteiger partial charge in [0, 0.05) is 30.4 Å². The predicted octanol–water partition coefficient (Wildman–Crippen LogP) is 3.30. The van der Waals surface area contributed by atoms with Crippen molar-refractivity contribution in [2.75, 3.05) is 23.7 Å². The van der Waals surface area contributed by atoms with E-state index in [2.05, 4.69) is 35.9 Å². The molecule has 3 nitrogen and oxygen atoms in total. The second-order valence-electron chi connectivity index (χ2n) is 5.92. The molecule has 2 atom stereocenters. The summed E-state index contributed by atoms with van der Waals surface area (Å²) in [7, 11) is 0. The fourth-order valence-corrected chi connectivity index (χ4v) is 3.32. The lowest BCUT2D eigenvalue weighted by Crippen LogP contribution is -2.38. The number of rotatable bonds is 1. The lowest BCUT2D eigenvalue weighted by atomic mass is 9.91. The first kappa shape index (κ1) is 12.3. The van der Waals surface area contributed by atoms with Gasteiger partial charge in [-0.3, -0.25) is 4.98 Å². The normalized spacial score (nSPS) is 23.8. The van der Waals surface area contributed by atoms with Gasteiger partial charge in [-0.1, -0.05) is 26.0 Å². The third-order valence-electron chi connectivity index (χ3n) is 3.99. The summed E-state index contributed by atoms with van der Waals surface area (Å²) >= 11 is 0. The van der Waals surface area contributed by atoms with Crippen molar-refractivity contribution < 1.29 is 0 Å². The van der Waals surface area contributed by atoms with E-state index in [0.717, 1.165) is 36.1 Å². The van der Waals surface area contributed by atoms with Gasteiger partial charge in [-0.15, -0.1) is 0 Å². The fourth-order valence-electron chi connectivity index (χ4n) is 3.32. The van der Waals surface area contributed by atoms with E-state index in [1.165, 1.54) is 17.5 Å². The van der Waals surface area contributed by atoms with E-state index < -0.39 is 0 Å². The fraction of sp³-hybridized carbons (Fsp3) is 0.438. The van der Waals surface area contributed by atoms with Crippen LogP contribution >= 0.6 is 0 Å². The molecule has 0 radical (unpaired) electrons. The number of nitrogens with zero attached hydrogens (tertiary/aromatic N) is 2. The maximum atomic E-state index is 6.03. The Morgan fingerprint density at radius 1 is 1.16 bits per heavy atom. The summed E-state index contributed by atoms with van der Waals surface area (Å²) in [6.07, 6.45) is 3.19. The van der Waals surface area contributed by atoms with Gasteiger partial charge < -0.3 is 10.6 Å². The molecule has 0 spiro atoms. The number of hydrogen-bond donors (Lipinski definition) is 1. The molecule has 2 heterocycles. The summed E-state index contributed by atoms with van der Waals surface area (Å²) in [5, 5.41) is 1.17. The smallest absolute Gasteiger partial charge is 0.0951 e. The van der Waals surface area contributed by atoms with Crippen LogP contribution in [0.15, 0.2) is 30.5 Å². The van der Waals surface area contributed by atoms with Crippen LogP contribution in [0.5, 0.6) is 0 Å². The first-order valence-electron chi connectivity index (χ1n) is 7.03. The summed E-state index contributed by atoms with van der Waals surface area (Å²) in [5.41, 5.74) is 8.99. The number of piperidine rings is 1. The Bertz CT molecular complexity index is 584. The Hall–Kier alpha value is -1.77. The number of hydrogen-bond acceptors (Lipinski definition) is 3. The van der Waals surface area contributed by atoms with Gasteiger partial charge in [0.05, 0.1) is 11.2 Å². The molecular formula is C16H21N3. The highest BCUT2D eigenvalue weighted by atomic mass is 15.1. The van der Waals surface area contributed by atoms with E-state index in [9.17, 15) is 0 Å². The molecule has 0 amide bonds. The van der Waals surface area contributed by atoms with E-state index in [1.54, 1.807) is 0 Å². The van der Waals surface area contributed by atoms with Crippen molar-refractivity contribution in [2.45, 2.75) is 20.3 Å². The van der Waals surface area contributed by atoms with Gasteiger partial charge in [-0.25, -0.2) is 0 Å². The molecule has 2 aromatic rings. The van der Waals surface area contributed by atoms with E-state index >= 15 is 0 Å². The summed E-state index contributed by atoms with van der Waals surface area (Å²) < 4.78 is 0. The Labute approximate surface area is 114 Å². The van der Waals surface area contributed by atoms with Crippen LogP contribution < -0.4 is 10.6 Å². The van der Waals surface area contributed by atoms with Gasteiger partial charge in [0.2, 0.25) is 0 Å². The molecular weight excluding hydrogens is 234 g/mol. The van der Waals surface area contributed by atoms with Crippen LogP contribution in [0.1, 0.15) is 20.3 Å². The van der Waals surface area contributed by atoms with Crippen molar-refractivity contribution in [3.63, 3.8) is 0 Å². The number of pyridine rings is 1. The van der Waals surface area contributed by atoms with Crippen molar-refractivity contribution in [3.8, 4) is 0 Å². The topological polar surface area (TPSA) is 42.2 Å². The molecule has 19 heavy (non-hydrogen) atoms. The molecule has 1 saturated heterocycles. The standard InChI is InChI=1S/C16H21N3/c1-11-8-12(2)10-19(9-11)15-6-7-18-16-13(15)4-3-5-14(16)17/h3-7,11-12H,8-10,17H2,1-2H3. The lowest BCUT2D eigenvalue weighted by Gasteiger charge is -2.37. The van der Waals surface area contributed by atoms with E-state index in [1.807, 2.05) is 18.3 Å². The highest BCUT2D eigenvalue weighted by molar-refractivity contribution is 5.98. The van der Waals surface area contributed by atoms with Gasteiger partial charge >= 0.3 is 0 Å². The highest BCUT2D eigenvalue weighted by Gasteiger charge is 2.23. The zero-order valence-electron chi connectivity index (χ0n) is 11.6. The third-order valence-corrected chi connectivity index (χ3v) is 3.99. The average Bonchev–Trinajstić information content (AvgIpc) is 2.37. The molecule has 1 aliphatic rings. The molecule has 2 unspecified atom stereocenters. The summed E-state index contributed by atoms with van der Waals surface area (Å²) in [6, 6.07) is 8.17. The summed E-state index contributed by atoms with van der Waals surface area (Å²) in [6.45, 7) is 6.91. The molecule has 1 aromatic carbocycles. The molecule has 3 rings (SSSR count). The van der Waals surface area contributed by atoms with Crippen molar-refractivity contribution in [3.05, 3.63) is 30.5 Å². The summed E-state index contributed by atoms with van der Waals surface area (Å²) in [4.78, 5) is 6.91. The third kappa shape index (κ3) is 2.25. The van der Waals surface area contributed by atoms with Crippen LogP contribution in [0.4, 0.5) is 11.4 Å². The molecule has 0 bridgehead atoms. The molecule has 0 saturated carbocycles. The Kier molecular flexibility index (Phi) is 3.05. The average molecular weight is 255 g/mol. The Morgan fingerprint density at radius 2 is 1.89 bits per heavy atom. The van der Waals surface area contributed by atoms with Crippen LogP contribution in [0.2, 0.25) is 0 Å². The Morgan fingerprint density at radius 3 is 2.63 bits per heavy atom. The maximum absolute atomic E-state index is 6.03. The zero-order chi connectivity index (χ0) is 13.4. The van der Waals surface area contributed by atoms with E-state index in [4.69, 9.17) is 5.73 Å². The second-order valence-corrected chi connectivity index (χ2v) is 5.92. The van der Waals surface area contributed by atoms with Crippen LogP contribution in [0, 0.1) is 11.8 Å². The quantitative estimate of drug-likeness (QED) is 0.795. The predicted molar refractivity (Wildman–Crippen MR) is 81.3 cm³/mol. The molecule has 0 aliphatic carbocycles. The van der Waals surface area contributed by atoms with Crippen LogP contribution in [-0.2, 0) is 0 Å². The van der Waals surface area contributed by atoms with Gasteiger partial charge in [0.25, 0.3) is 0 Å². The van der Waals surface area contributed by atoms with E-state index in [-0.39, 0.29) is 0 Å². The first-order chi connectivity index (χ1) is 9.15. The van der Waals surface area contributed by atoms with Gasteiger partial charge in [-0.2, -0.15) is 0 Å². The molecule has 1 aromatic heterocycles. The minimum Gasteiger partial charge on any atom is -0.397 e. The number of aromatic nitrogens is 1. The first-order valence-corrected chi connectivity index (χ1v) is 7.03. The zero-order valence-corrected chi connectivity index (χ0v) is 11.6. The van der Waals surface area contributed by atoms with Gasteiger partial charge in [0.1, 0.15) is 0 Å².